The molecule has 0 heterocycles. The number of hydrogen-bond donors (Lipinski definition) is 0. The predicted molar refractivity (Wildman–Crippen MR) is 42.9 cm³/mol. The van der Waals surface area contributed by atoms with E-state index in [0.29, 0.717) is 6.54 Å². The summed E-state index contributed by atoms with van der Waals surface area (Å²) in [5, 5.41) is 0. The second kappa shape index (κ2) is 6.23. The third kappa shape index (κ3) is 4.04. The van der Waals surface area contributed by atoms with E-state index in [-0.39, 0.29) is 0 Å². The number of carbonyl (C=O) groups is 1. The molecule has 0 N–H and O–H groups in total. The number of aldehydes is 1. The summed E-state index contributed by atoms with van der Waals surface area (Å²) >= 11 is 0. The molecule has 0 atom stereocenters. The Morgan fingerprint density at radius 2 is 1.60 bits per heavy atom. The second-order valence-electron chi connectivity index (χ2n) is 1.96. The highest BCUT2D eigenvalue weighted by molar-refractivity contribution is 5.52. The van der Waals surface area contributed by atoms with Gasteiger partial charge in [-0.1, -0.05) is 12.2 Å². The van der Waals surface area contributed by atoms with Gasteiger partial charge < -0.3 is 4.79 Å². The van der Waals surface area contributed by atoms with Crippen molar-refractivity contribution in [2.24, 2.45) is 0 Å². The van der Waals surface area contributed by atoms with Crippen molar-refractivity contribution in [2.75, 3.05) is 19.6 Å². The fourth-order valence-electron chi connectivity index (χ4n) is 0.694. The lowest BCUT2D eigenvalue weighted by Gasteiger charge is -2.13. The van der Waals surface area contributed by atoms with Crippen molar-refractivity contribution in [3.63, 3.8) is 0 Å². The lowest BCUT2D eigenvalue weighted by Crippen LogP contribution is -2.25. The second-order valence-corrected chi connectivity index (χ2v) is 1.96. The molecule has 0 rings (SSSR count). The van der Waals surface area contributed by atoms with Crippen LogP contribution in [0, 0.1) is 0 Å². The topological polar surface area (TPSA) is 20.3 Å². The molecule has 0 saturated heterocycles. The molecule has 2 nitrogen and oxygen atoms in total. The minimum atomic E-state index is 0.456. The van der Waals surface area contributed by atoms with Crippen molar-refractivity contribution in [3.8, 4) is 0 Å². The quantitative estimate of drug-likeness (QED) is 0.402. The lowest BCUT2D eigenvalue weighted by molar-refractivity contribution is -0.108. The van der Waals surface area contributed by atoms with Crippen LogP contribution >= 0.6 is 0 Å². The van der Waals surface area contributed by atoms with Crippen LogP contribution in [0.2, 0.25) is 0 Å². The van der Waals surface area contributed by atoms with Crippen molar-refractivity contribution >= 4 is 6.29 Å². The van der Waals surface area contributed by atoms with Gasteiger partial charge in [0.1, 0.15) is 6.29 Å². The van der Waals surface area contributed by atoms with Crippen LogP contribution in [0.25, 0.3) is 0 Å². The smallest absolute Gasteiger partial charge is 0.134 e. The molecule has 0 aliphatic rings. The Bertz CT molecular complexity index is 96.7. The molecule has 0 aromatic carbocycles. The van der Waals surface area contributed by atoms with Crippen LogP contribution in [0.15, 0.2) is 25.3 Å². The van der Waals surface area contributed by atoms with Crippen LogP contribution < -0.4 is 0 Å². The average molecular weight is 139 g/mol. The third-order valence-corrected chi connectivity index (χ3v) is 1.11. The van der Waals surface area contributed by atoms with Gasteiger partial charge >= 0.3 is 0 Å². The van der Waals surface area contributed by atoms with Crippen molar-refractivity contribution in [2.45, 2.75) is 0 Å². The van der Waals surface area contributed by atoms with E-state index in [0.717, 1.165) is 19.4 Å². The van der Waals surface area contributed by atoms with Gasteiger partial charge in [0.2, 0.25) is 0 Å². The number of nitrogens with zero attached hydrogens (tertiary/aromatic N) is 1. The Hall–Kier alpha value is -0.890. The first-order valence-corrected chi connectivity index (χ1v) is 3.23. The lowest BCUT2D eigenvalue weighted by atomic mass is 10.4. The molecule has 0 aliphatic heterocycles. The maximum absolute atomic E-state index is 10.1. The molecule has 0 spiro atoms. The summed E-state index contributed by atoms with van der Waals surface area (Å²) in [6, 6.07) is 0. The first-order chi connectivity index (χ1) is 4.85. The van der Waals surface area contributed by atoms with Crippen molar-refractivity contribution in [1.82, 2.24) is 4.90 Å². The molecular formula is C8H13NO. The molecular weight excluding hydrogens is 126 g/mol. The van der Waals surface area contributed by atoms with E-state index in [1.54, 1.807) is 12.2 Å². The normalized spacial score (nSPS) is 9.30. The van der Waals surface area contributed by atoms with Gasteiger partial charge in [-0.25, -0.2) is 0 Å². The van der Waals surface area contributed by atoms with Gasteiger partial charge in [-0.3, -0.25) is 4.90 Å². The predicted octanol–water partition coefficient (Wildman–Crippen LogP) is 0.859. The Balaban J connectivity index is 3.58. The van der Waals surface area contributed by atoms with E-state index in [2.05, 4.69) is 13.2 Å². The van der Waals surface area contributed by atoms with Crippen molar-refractivity contribution in [1.29, 1.82) is 0 Å². The van der Waals surface area contributed by atoms with Crippen LogP contribution in [0.3, 0.4) is 0 Å². The minimum absolute atomic E-state index is 0.456. The van der Waals surface area contributed by atoms with Crippen LogP contribution in [-0.2, 0) is 4.79 Å². The first-order valence-electron chi connectivity index (χ1n) is 3.23. The highest BCUT2D eigenvalue weighted by Gasteiger charge is 1.96. The van der Waals surface area contributed by atoms with Crippen LogP contribution in [0.4, 0.5) is 0 Å². The monoisotopic (exact) mass is 139 g/mol. The van der Waals surface area contributed by atoms with Gasteiger partial charge in [0, 0.05) is 13.1 Å². The highest BCUT2D eigenvalue weighted by Crippen LogP contribution is 1.85. The van der Waals surface area contributed by atoms with E-state index in [4.69, 9.17) is 0 Å². The molecule has 0 saturated carbocycles. The fourth-order valence-corrected chi connectivity index (χ4v) is 0.694. The zero-order valence-electron chi connectivity index (χ0n) is 6.12. The zero-order valence-corrected chi connectivity index (χ0v) is 6.12. The molecule has 10 heavy (non-hydrogen) atoms. The minimum Gasteiger partial charge on any atom is -0.302 e. The Morgan fingerprint density at radius 1 is 1.10 bits per heavy atom. The first kappa shape index (κ1) is 9.11. The summed E-state index contributed by atoms with van der Waals surface area (Å²) in [5.41, 5.74) is 0. The van der Waals surface area contributed by atoms with Crippen LogP contribution in [0.5, 0.6) is 0 Å². The van der Waals surface area contributed by atoms with E-state index in [1.165, 1.54) is 0 Å². The van der Waals surface area contributed by atoms with E-state index >= 15 is 0 Å². The zero-order chi connectivity index (χ0) is 7.82. The van der Waals surface area contributed by atoms with Gasteiger partial charge in [-0.15, -0.1) is 13.2 Å². The molecule has 56 valence electrons. The number of hydrogen-bond acceptors (Lipinski definition) is 2. The molecule has 0 aromatic rings. The molecule has 0 bridgehead atoms. The molecule has 2 heteroatoms. The summed E-state index contributed by atoms with van der Waals surface area (Å²) in [6.45, 7) is 9.08. The van der Waals surface area contributed by atoms with Crippen molar-refractivity contribution < 1.29 is 4.79 Å². The van der Waals surface area contributed by atoms with Crippen LogP contribution in [-0.4, -0.2) is 30.8 Å². The maximum atomic E-state index is 10.1. The van der Waals surface area contributed by atoms with Gasteiger partial charge in [0.15, 0.2) is 0 Å². The Morgan fingerprint density at radius 3 is 1.90 bits per heavy atom. The fraction of sp³-hybridized carbons (Fsp3) is 0.375. The van der Waals surface area contributed by atoms with E-state index in [1.807, 2.05) is 4.90 Å². The molecule has 0 radical (unpaired) electrons. The SMILES string of the molecule is C=CCN(CC=C)CC=O. The largest absolute Gasteiger partial charge is 0.302 e. The molecule has 0 aromatic heterocycles. The Labute approximate surface area is 61.8 Å². The van der Waals surface area contributed by atoms with Gasteiger partial charge in [0.05, 0.1) is 6.54 Å². The number of rotatable bonds is 6. The van der Waals surface area contributed by atoms with Gasteiger partial charge in [0.25, 0.3) is 0 Å². The van der Waals surface area contributed by atoms with Crippen LogP contribution in [0.1, 0.15) is 0 Å². The summed E-state index contributed by atoms with van der Waals surface area (Å²) in [4.78, 5) is 12.0. The summed E-state index contributed by atoms with van der Waals surface area (Å²) in [5.74, 6) is 0. The summed E-state index contributed by atoms with van der Waals surface area (Å²) < 4.78 is 0. The average Bonchev–Trinajstić information content (AvgIpc) is 1.90. The van der Waals surface area contributed by atoms with Gasteiger partial charge in [-0.2, -0.15) is 0 Å². The van der Waals surface area contributed by atoms with Gasteiger partial charge in [-0.05, 0) is 0 Å². The summed E-state index contributed by atoms with van der Waals surface area (Å²) in [7, 11) is 0. The standard InChI is InChI=1S/C8H13NO/c1-3-5-9(6-4-2)7-8-10/h3-4,8H,1-2,5-7H2. The van der Waals surface area contributed by atoms with E-state index < -0.39 is 0 Å². The molecule has 0 amide bonds. The molecule has 0 fully saturated rings. The summed E-state index contributed by atoms with van der Waals surface area (Å²) in [6.07, 6.45) is 4.42. The highest BCUT2D eigenvalue weighted by atomic mass is 16.1. The maximum Gasteiger partial charge on any atom is 0.134 e. The third-order valence-electron chi connectivity index (χ3n) is 1.11. The van der Waals surface area contributed by atoms with E-state index in [9.17, 15) is 4.79 Å². The number of carbonyl (C=O) groups excluding carboxylic acids is 1. The Kier molecular flexibility index (Phi) is 5.68. The molecule has 0 aliphatic carbocycles. The van der Waals surface area contributed by atoms with Crippen molar-refractivity contribution in [3.05, 3.63) is 25.3 Å². The molecule has 0 unspecified atom stereocenters.